The highest BCUT2D eigenvalue weighted by Gasteiger charge is 2.21. The summed E-state index contributed by atoms with van der Waals surface area (Å²) in [5.74, 6) is 1.34. The molecule has 0 bridgehead atoms. The molecule has 378 valence electrons. The molecule has 0 heterocycles. The summed E-state index contributed by atoms with van der Waals surface area (Å²) in [5, 5.41) is 9.40. The Bertz CT molecular complexity index is 1290. The maximum Gasteiger partial charge on any atom is 0.314 e. The number of hydrogen-bond donors (Lipinski definition) is 1. The third-order valence-electron chi connectivity index (χ3n) is 13.8. The predicted octanol–water partition coefficient (Wildman–Crippen LogP) is 17.2. The van der Waals surface area contributed by atoms with E-state index in [1.165, 1.54) is 165 Å². The second-order valence-corrected chi connectivity index (χ2v) is 19.9. The SMILES string of the molecule is CCCCCCCCC(CCCCCC)C(=O)Oc1ccc(CCCCCCN(CCCCO)CCCCCCc2ccc(OC(=O)C(CCCCCC)CCCCCCCC)cc2)cc1. The van der Waals surface area contributed by atoms with Gasteiger partial charge in [0.05, 0.1) is 11.8 Å². The molecule has 2 aromatic carbocycles. The van der Waals surface area contributed by atoms with Crippen molar-refractivity contribution in [3.05, 3.63) is 59.7 Å². The van der Waals surface area contributed by atoms with Crippen molar-refractivity contribution in [3.8, 4) is 11.5 Å². The molecular formula is C60H103NO5. The van der Waals surface area contributed by atoms with Crippen molar-refractivity contribution in [3.63, 3.8) is 0 Å². The molecule has 2 atom stereocenters. The molecule has 0 aromatic heterocycles. The van der Waals surface area contributed by atoms with Gasteiger partial charge in [-0.15, -0.1) is 0 Å². The summed E-state index contributed by atoms with van der Waals surface area (Å²) in [4.78, 5) is 29.1. The van der Waals surface area contributed by atoms with Gasteiger partial charge in [0.1, 0.15) is 11.5 Å². The molecule has 0 fully saturated rings. The molecule has 0 saturated heterocycles. The van der Waals surface area contributed by atoms with Gasteiger partial charge >= 0.3 is 11.9 Å². The molecule has 6 heteroatoms. The summed E-state index contributed by atoms with van der Waals surface area (Å²) in [6.45, 7) is 12.6. The zero-order valence-corrected chi connectivity index (χ0v) is 43.6. The summed E-state index contributed by atoms with van der Waals surface area (Å²) in [6, 6.07) is 16.6. The summed E-state index contributed by atoms with van der Waals surface area (Å²) in [7, 11) is 0. The molecule has 2 rings (SSSR count). The number of unbranched alkanes of at least 4 members (excludes halogenated alkanes) is 23. The van der Waals surface area contributed by atoms with Gasteiger partial charge in [0.25, 0.3) is 0 Å². The van der Waals surface area contributed by atoms with Gasteiger partial charge in [-0.3, -0.25) is 9.59 Å². The van der Waals surface area contributed by atoms with Crippen molar-refractivity contribution in [2.45, 2.75) is 259 Å². The van der Waals surface area contributed by atoms with Crippen LogP contribution in [0.25, 0.3) is 0 Å². The molecule has 0 aliphatic rings. The van der Waals surface area contributed by atoms with E-state index in [2.05, 4.69) is 56.9 Å². The normalized spacial score (nSPS) is 12.5. The smallest absolute Gasteiger partial charge is 0.314 e. The van der Waals surface area contributed by atoms with Crippen LogP contribution in [0.2, 0.25) is 0 Å². The van der Waals surface area contributed by atoms with E-state index in [-0.39, 0.29) is 30.4 Å². The first kappa shape index (κ1) is 59.4. The Kier molecular flexibility index (Phi) is 38.2. The van der Waals surface area contributed by atoms with E-state index in [0.29, 0.717) is 11.5 Å². The fraction of sp³-hybridized carbons (Fsp3) is 0.767. The molecule has 2 aromatic rings. The van der Waals surface area contributed by atoms with Gasteiger partial charge in [0, 0.05) is 6.61 Å². The van der Waals surface area contributed by atoms with Crippen LogP contribution in [0.3, 0.4) is 0 Å². The van der Waals surface area contributed by atoms with Crippen LogP contribution in [0, 0.1) is 11.8 Å². The van der Waals surface area contributed by atoms with E-state index in [9.17, 15) is 14.7 Å². The van der Waals surface area contributed by atoms with Crippen LogP contribution in [-0.4, -0.2) is 48.2 Å². The van der Waals surface area contributed by atoms with E-state index in [4.69, 9.17) is 9.47 Å². The first-order valence-electron chi connectivity index (χ1n) is 28.4. The molecule has 66 heavy (non-hydrogen) atoms. The van der Waals surface area contributed by atoms with Gasteiger partial charge in [-0.2, -0.15) is 0 Å². The lowest BCUT2D eigenvalue weighted by atomic mass is 9.94. The second-order valence-electron chi connectivity index (χ2n) is 19.9. The minimum atomic E-state index is -0.0349. The minimum absolute atomic E-state index is 0.0163. The van der Waals surface area contributed by atoms with E-state index in [1.807, 2.05) is 24.3 Å². The molecule has 0 spiro atoms. The number of rotatable bonds is 46. The standard InChI is InChI=1S/C60H103NO5/c1-5-9-13-17-19-29-39-55(37-27-15-11-7-3)59(63)65-57-45-41-53(42-46-57)35-25-21-23-31-49-61(51-33-34-52-62)50-32-24-22-26-36-54-43-47-58(48-44-54)66-60(64)56(38-28-16-12-8-4)40-30-20-18-14-10-6-2/h41-48,55-56,62H,5-40,49-52H2,1-4H3. The van der Waals surface area contributed by atoms with Crippen LogP contribution in [0.1, 0.15) is 257 Å². The Hall–Kier alpha value is -2.70. The van der Waals surface area contributed by atoms with Crippen LogP contribution in [0.5, 0.6) is 11.5 Å². The number of aliphatic hydroxyl groups excluding tert-OH is 1. The average Bonchev–Trinajstić information content (AvgIpc) is 3.32. The number of hydrogen-bond acceptors (Lipinski definition) is 6. The summed E-state index contributed by atoms with van der Waals surface area (Å²) in [5.41, 5.74) is 2.63. The van der Waals surface area contributed by atoms with Crippen LogP contribution in [0.4, 0.5) is 0 Å². The molecule has 1 N–H and O–H groups in total. The average molecular weight is 918 g/mol. The van der Waals surface area contributed by atoms with Crippen molar-refractivity contribution in [2.24, 2.45) is 11.8 Å². The van der Waals surface area contributed by atoms with Gasteiger partial charge in [0.15, 0.2) is 0 Å². The number of carbonyl (C=O) groups excluding carboxylic acids is 2. The quantitative estimate of drug-likeness (QED) is 0.0405. The number of benzene rings is 2. The fourth-order valence-electron chi connectivity index (χ4n) is 9.40. The topological polar surface area (TPSA) is 76.1 Å². The Morgan fingerprint density at radius 2 is 0.682 bits per heavy atom. The number of nitrogens with zero attached hydrogens (tertiary/aromatic N) is 1. The highest BCUT2D eigenvalue weighted by Crippen LogP contribution is 2.25. The molecule has 0 aliphatic heterocycles. The number of esters is 2. The number of aliphatic hydroxyl groups is 1. The first-order chi connectivity index (χ1) is 32.4. The first-order valence-corrected chi connectivity index (χ1v) is 28.4. The van der Waals surface area contributed by atoms with E-state index in [1.54, 1.807) is 0 Å². The molecular weight excluding hydrogens is 815 g/mol. The van der Waals surface area contributed by atoms with Gasteiger partial charge in [-0.1, -0.05) is 206 Å². The van der Waals surface area contributed by atoms with Crippen LogP contribution in [-0.2, 0) is 22.4 Å². The van der Waals surface area contributed by atoms with Gasteiger partial charge < -0.3 is 19.5 Å². The van der Waals surface area contributed by atoms with Crippen molar-refractivity contribution >= 4 is 11.9 Å². The Morgan fingerprint density at radius 3 is 1.03 bits per heavy atom. The van der Waals surface area contributed by atoms with Gasteiger partial charge in [-0.05, 0) is 132 Å². The third kappa shape index (κ3) is 31.4. The Morgan fingerprint density at radius 1 is 0.394 bits per heavy atom. The molecule has 0 radical (unpaired) electrons. The number of ether oxygens (including phenoxy) is 2. The Labute approximate surface area is 407 Å². The van der Waals surface area contributed by atoms with Crippen molar-refractivity contribution < 1.29 is 24.2 Å². The van der Waals surface area contributed by atoms with Crippen LogP contribution >= 0.6 is 0 Å². The largest absolute Gasteiger partial charge is 0.426 e. The van der Waals surface area contributed by atoms with E-state index in [0.717, 1.165) is 96.7 Å². The number of carbonyl (C=O) groups is 2. The van der Waals surface area contributed by atoms with Crippen molar-refractivity contribution in [1.29, 1.82) is 0 Å². The molecule has 2 unspecified atom stereocenters. The maximum atomic E-state index is 13.2. The molecule has 0 amide bonds. The van der Waals surface area contributed by atoms with Crippen LogP contribution in [0.15, 0.2) is 48.5 Å². The van der Waals surface area contributed by atoms with E-state index >= 15 is 0 Å². The second kappa shape index (κ2) is 42.4. The lowest BCUT2D eigenvalue weighted by molar-refractivity contribution is -0.140. The molecule has 0 aliphatic carbocycles. The minimum Gasteiger partial charge on any atom is -0.426 e. The molecule has 6 nitrogen and oxygen atoms in total. The summed E-state index contributed by atoms with van der Waals surface area (Å²) < 4.78 is 11.9. The van der Waals surface area contributed by atoms with Gasteiger partial charge in [0.2, 0.25) is 0 Å². The zero-order valence-electron chi connectivity index (χ0n) is 43.6. The summed E-state index contributed by atoms with van der Waals surface area (Å²) >= 11 is 0. The van der Waals surface area contributed by atoms with E-state index < -0.39 is 0 Å². The van der Waals surface area contributed by atoms with Gasteiger partial charge in [-0.25, -0.2) is 0 Å². The maximum absolute atomic E-state index is 13.2. The monoisotopic (exact) mass is 918 g/mol. The fourth-order valence-corrected chi connectivity index (χ4v) is 9.40. The van der Waals surface area contributed by atoms with Crippen molar-refractivity contribution in [2.75, 3.05) is 26.2 Å². The molecule has 0 saturated carbocycles. The van der Waals surface area contributed by atoms with Crippen LogP contribution < -0.4 is 9.47 Å². The van der Waals surface area contributed by atoms with Crippen molar-refractivity contribution in [1.82, 2.24) is 4.90 Å². The lowest BCUT2D eigenvalue weighted by Crippen LogP contribution is -2.27. The highest BCUT2D eigenvalue weighted by atomic mass is 16.5. The lowest BCUT2D eigenvalue weighted by Gasteiger charge is -2.22. The Balaban J connectivity index is 1.67. The predicted molar refractivity (Wildman–Crippen MR) is 282 cm³/mol. The third-order valence-corrected chi connectivity index (χ3v) is 13.8. The highest BCUT2D eigenvalue weighted by molar-refractivity contribution is 5.75. The zero-order chi connectivity index (χ0) is 47.6. The summed E-state index contributed by atoms with van der Waals surface area (Å²) in [6.07, 6.45) is 42.1. The number of aryl methyl sites for hydroxylation is 2.